The molecule has 0 spiro atoms. The van der Waals surface area contributed by atoms with Gasteiger partial charge in [-0.25, -0.2) is 13.1 Å². The minimum Gasteiger partial charge on any atom is -0.326 e. The molecule has 0 aromatic carbocycles. The van der Waals surface area contributed by atoms with Crippen molar-refractivity contribution < 1.29 is 8.42 Å². The van der Waals surface area contributed by atoms with Gasteiger partial charge in [-0.05, 0) is 27.7 Å². The Morgan fingerprint density at radius 1 is 1.50 bits per heavy atom. The van der Waals surface area contributed by atoms with Gasteiger partial charge in [-0.3, -0.25) is 0 Å². The van der Waals surface area contributed by atoms with Crippen molar-refractivity contribution in [3.63, 3.8) is 0 Å². The molecule has 0 aromatic heterocycles. The van der Waals surface area contributed by atoms with Crippen LogP contribution in [0.5, 0.6) is 0 Å². The lowest BCUT2D eigenvalue weighted by Gasteiger charge is -2.29. The van der Waals surface area contributed by atoms with Crippen molar-refractivity contribution in [1.82, 2.24) is 4.72 Å². The SMILES string of the molecule is CCS(=O)(=O)NC(C)(C)C(C)N. The zero-order valence-electron chi connectivity index (χ0n) is 8.09. The molecule has 0 heterocycles. The van der Waals surface area contributed by atoms with E-state index in [0.29, 0.717) is 0 Å². The summed E-state index contributed by atoms with van der Waals surface area (Å²) in [5, 5.41) is 0. The van der Waals surface area contributed by atoms with Crippen molar-refractivity contribution in [2.45, 2.75) is 39.3 Å². The molecule has 1 atom stereocenters. The van der Waals surface area contributed by atoms with E-state index >= 15 is 0 Å². The Kier molecular flexibility index (Phi) is 3.68. The average Bonchev–Trinajstić information content (AvgIpc) is 1.85. The van der Waals surface area contributed by atoms with Crippen LogP contribution >= 0.6 is 0 Å². The van der Waals surface area contributed by atoms with Gasteiger partial charge in [0.15, 0.2) is 0 Å². The summed E-state index contributed by atoms with van der Waals surface area (Å²) in [6.45, 7) is 6.91. The summed E-state index contributed by atoms with van der Waals surface area (Å²) in [4.78, 5) is 0. The number of nitrogens with two attached hydrogens (primary N) is 1. The first-order valence-corrected chi connectivity index (χ1v) is 5.63. The van der Waals surface area contributed by atoms with Gasteiger partial charge in [-0.2, -0.15) is 0 Å². The topological polar surface area (TPSA) is 72.2 Å². The molecule has 0 aliphatic heterocycles. The van der Waals surface area contributed by atoms with E-state index in [9.17, 15) is 8.42 Å². The fourth-order valence-electron chi connectivity index (χ4n) is 0.566. The van der Waals surface area contributed by atoms with Crippen molar-refractivity contribution >= 4 is 10.0 Å². The minimum atomic E-state index is -3.15. The van der Waals surface area contributed by atoms with Gasteiger partial charge < -0.3 is 5.73 Å². The smallest absolute Gasteiger partial charge is 0.211 e. The van der Waals surface area contributed by atoms with Crippen LogP contribution in [0.1, 0.15) is 27.7 Å². The van der Waals surface area contributed by atoms with Crippen LogP contribution < -0.4 is 10.5 Å². The van der Waals surface area contributed by atoms with E-state index in [0.717, 1.165) is 0 Å². The van der Waals surface area contributed by atoms with E-state index in [1.807, 2.05) is 0 Å². The summed E-state index contributed by atoms with van der Waals surface area (Å²) >= 11 is 0. The molecule has 4 nitrogen and oxygen atoms in total. The normalized spacial score (nSPS) is 16.1. The van der Waals surface area contributed by atoms with Gasteiger partial charge in [0.25, 0.3) is 0 Å². The fraction of sp³-hybridized carbons (Fsp3) is 1.00. The van der Waals surface area contributed by atoms with Crippen molar-refractivity contribution in [3.8, 4) is 0 Å². The standard InChI is InChI=1S/C7H18N2O2S/c1-5-12(10,11)9-7(3,4)6(2)8/h6,9H,5,8H2,1-4H3. The monoisotopic (exact) mass is 194 g/mol. The zero-order valence-corrected chi connectivity index (χ0v) is 8.90. The maximum Gasteiger partial charge on any atom is 0.211 e. The molecule has 0 saturated carbocycles. The number of sulfonamides is 1. The molecule has 0 rings (SSSR count). The van der Waals surface area contributed by atoms with Gasteiger partial charge in [0.2, 0.25) is 10.0 Å². The molecule has 0 fully saturated rings. The Labute approximate surface area is 74.6 Å². The van der Waals surface area contributed by atoms with Gasteiger partial charge in [0, 0.05) is 11.6 Å². The van der Waals surface area contributed by atoms with E-state index in [2.05, 4.69) is 4.72 Å². The van der Waals surface area contributed by atoms with Crippen LogP contribution in [0.25, 0.3) is 0 Å². The summed E-state index contributed by atoms with van der Waals surface area (Å²) in [6, 6.07) is -0.209. The van der Waals surface area contributed by atoms with Gasteiger partial charge in [-0.15, -0.1) is 0 Å². The third-order valence-corrected chi connectivity index (χ3v) is 3.53. The highest BCUT2D eigenvalue weighted by Crippen LogP contribution is 2.08. The van der Waals surface area contributed by atoms with E-state index < -0.39 is 15.6 Å². The Morgan fingerprint density at radius 3 is 2.17 bits per heavy atom. The maximum atomic E-state index is 11.2. The molecule has 0 aromatic rings. The predicted octanol–water partition coefficient (Wildman–Crippen LogP) is 0.0515. The average molecular weight is 194 g/mol. The second kappa shape index (κ2) is 3.72. The van der Waals surface area contributed by atoms with Crippen LogP contribution in [0, 0.1) is 0 Å². The molecule has 1 unspecified atom stereocenters. The van der Waals surface area contributed by atoms with E-state index in [1.54, 1.807) is 27.7 Å². The third kappa shape index (κ3) is 3.51. The molecule has 0 aliphatic carbocycles. The quantitative estimate of drug-likeness (QED) is 0.664. The molecule has 0 amide bonds. The lowest BCUT2D eigenvalue weighted by molar-refractivity contribution is 0.388. The van der Waals surface area contributed by atoms with Crippen LogP contribution in [-0.4, -0.2) is 25.8 Å². The molecule has 74 valence electrons. The van der Waals surface area contributed by atoms with Gasteiger partial charge in [-0.1, -0.05) is 0 Å². The third-order valence-electron chi connectivity index (χ3n) is 1.94. The van der Waals surface area contributed by atoms with Crippen LogP contribution in [0.15, 0.2) is 0 Å². The highest BCUT2D eigenvalue weighted by Gasteiger charge is 2.27. The number of hydrogen-bond donors (Lipinski definition) is 2. The highest BCUT2D eigenvalue weighted by atomic mass is 32.2. The first-order valence-electron chi connectivity index (χ1n) is 3.98. The Morgan fingerprint density at radius 2 is 1.92 bits per heavy atom. The van der Waals surface area contributed by atoms with Crippen LogP contribution in [-0.2, 0) is 10.0 Å². The lowest BCUT2D eigenvalue weighted by Crippen LogP contribution is -2.54. The summed E-state index contributed by atoms with van der Waals surface area (Å²) < 4.78 is 24.8. The Balaban J connectivity index is 4.46. The molecular weight excluding hydrogens is 176 g/mol. The van der Waals surface area contributed by atoms with Gasteiger partial charge >= 0.3 is 0 Å². The van der Waals surface area contributed by atoms with Crippen molar-refractivity contribution in [3.05, 3.63) is 0 Å². The minimum absolute atomic E-state index is 0.0865. The second-order valence-electron chi connectivity index (χ2n) is 3.52. The number of hydrogen-bond acceptors (Lipinski definition) is 3. The molecule has 12 heavy (non-hydrogen) atoms. The summed E-state index contributed by atoms with van der Waals surface area (Å²) in [5.41, 5.74) is 5.03. The summed E-state index contributed by atoms with van der Waals surface area (Å²) in [7, 11) is -3.15. The summed E-state index contributed by atoms with van der Waals surface area (Å²) in [6.07, 6.45) is 0. The molecule has 0 bridgehead atoms. The molecule has 0 saturated heterocycles. The van der Waals surface area contributed by atoms with Gasteiger partial charge in [0.05, 0.1) is 5.75 Å². The predicted molar refractivity (Wildman–Crippen MR) is 50.3 cm³/mol. The van der Waals surface area contributed by atoms with Crippen molar-refractivity contribution in [2.24, 2.45) is 5.73 Å². The largest absolute Gasteiger partial charge is 0.326 e. The second-order valence-corrected chi connectivity index (χ2v) is 5.53. The maximum absolute atomic E-state index is 11.2. The van der Waals surface area contributed by atoms with E-state index in [4.69, 9.17) is 5.73 Å². The lowest BCUT2D eigenvalue weighted by atomic mass is 9.99. The van der Waals surface area contributed by atoms with E-state index in [-0.39, 0.29) is 11.8 Å². The molecule has 5 heteroatoms. The first kappa shape index (κ1) is 11.9. The highest BCUT2D eigenvalue weighted by molar-refractivity contribution is 7.89. The van der Waals surface area contributed by atoms with Crippen LogP contribution in [0.3, 0.4) is 0 Å². The molecule has 3 N–H and O–H groups in total. The van der Waals surface area contributed by atoms with Crippen molar-refractivity contribution in [2.75, 3.05) is 5.75 Å². The van der Waals surface area contributed by atoms with Crippen LogP contribution in [0.2, 0.25) is 0 Å². The fourth-order valence-corrected chi connectivity index (χ4v) is 1.70. The Hall–Kier alpha value is -0.130. The van der Waals surface area contributed by atoms with E-state index in [1.165, 1.54) is 0 Å². The van der Waals surface area contributed by atoms with Gasteiger partial charge in [0.1, 0.15) is 0 Å². The number of rotatable bonds is 4. The molecule has 0 radical (unpaired) electrons. The van der Waals surface area contributed by atoms with Crippen molar-refractivity contribution in [1.29, 1.82) is 0 Å². The van der Waals surface area contributed by atoms with Crippen LogP contribution in [0.4, 0.5) is 0 Å². The first-order chi connectivity index (χ1) is 5.21. The molecule has 0 aliphatic rings. The summed E-state index contributed by atoms with van der Waals surface area (Å²) in [5.74, 6) is 0.0865. The zero-order chi connectivity index (χ0) is 9.99. The molecular formula is C7H18N2O2S. The number of nitrogens with one attached hydrogen (secondary N) is 1. The Bertz CT molecular complexity index is 232.